The number of allylic oxidation sites excluding steroid dienone is 2. The van der Waals surface area contributed by atoms with E-state index in [9.17, 15) is 0 Å². The normalized spacial score (nSPS) is 13.8. The van der Waals surface area contributed by atoms with Gasteiger partial charge < -0.3 is 9.84 Å². The SMILES string of the molecule is C=CCC(O)OC=C(C)C=C. The maximum atomic E-state index is 9.02. The van der Waals surface area contributed by atoms with E-state index in [4.69, 9.17) is 9.84 Å². The van der Waals surface area contributed by atoms with E-state index < -0.39 is 6.29 Å². The molecule has 0 aliphatic heterocycles. The van der Waals surface area contributed by atoms with Crippen molar-refractivity contribution in [2.24, 2.45) is 0 Å². The molecule has 0 radical (unpaired) electrons. The lowest BCUT2D eigenvalue weighted by molar-refractivity contribution is -0.0480. The van der Waals surface area contributed by atoms with Gasteiger partial charge in [-0.1, -0.05) is 18.7 Å². The van der Waals surface area contributed by atoms with Crippen LogP contribution in [-0.4, -0.2) is 11.4 Å². The van der Waals surface area contributed by atoms with Crippen LogP contribution in [0.3, 0.4) is 0 Å². The minimum Gasteiger partial charge on any atom is -0.472 e. The van der Waals surface area contributed by atoms with E-state index in [0.29, 0.717) is 6.42 Å². The first kappa shape index (κ1) is 9.98. The molecule has 62 valence electrons. The largest absolute Gasteiger partial charge is 0.472 e. The van der Waals surface area contributed by atoms with Gasteiger partial charge in [-0.3, -0.25) is 0 Å². The Morgan fingerprint density at radius 3 is 2.73 bits per heavy atom. The van der Waals surface area contributed by atoms with Crippen LogP contribution in [0.5, 0.6) is 0 Å². The predicted octanol–water partition coefficient (Wildman–Crippen LogP) is 1.99. The molecule has 0 aromatic rings. The third kappa shape index (κ3) is 5.43. The van der Waals surface area contributed by atoms with Crippen molar-refractivity contribution in [3.8, 4) is 0 Å². The quantitative estimate of drug-likeness (QED) is 0.284. The minimum absolute atomic E-state index is 0.431. The Bertz CT molecular complexity index is 159. The average molecular weight is 154 g/mol. The fraction of sp³-hybridized carbons (Fsp3) is 0.333. The van der Waals surface area contributed by atoms with E-state index in [2.05, 4.69) is 13.2 Å². The molecule has 0 fully saturated rings. The Morgan fingerprint density at radius 2 is 2.27 bits per heavy atom. The lowest BCUT2D eigenvalue weighted by Crippen LogP contribution is -2.06. The van der Waals surface area contributed by atoms with Crippen LogP contribution in [0.25, 0.3) is 0 Å². The summed E-state index contributed by atoms with van der Waals surface area (Å²) in [5.74, 6) is 0. The van der Waals surface area contributed by atoms with Crippen molar-refractivity contribution in [3.63, 3.8) is 0 Å². The monoisotopic (exact) mass is 154 g/mol. The molecule has 1 unspecified atom stereocenters. The van der Waals surface area contributed by atoms with E-state index >= 15 is 0 Å². The van der Waals surface area contributed by atoms with E-state index in [1.807, 2.05) is 6.92 Å². The van der Waals surface area contributed by atoms with Crippen molar-refractivity contribution in [2.75, 3.05) is 0 Å². The molecule has 2 heteroatoms. The summed E-state index contributed by atoms with van der Waals surface area (Å²) in [6.45, 7) is 8.84. The van der Waals surface area contributed by atoms with Gasteiger partial charge in [-0.05, 0) is 12.5 Å². The summed E-state index contributed by atoms with van der Waals surface area (Å²) in [6.07, 6.45) is 4.37. The van der Waals surface area contributed by atoms with Crippen molar-refractivity contribution in [3.05, 3.63) is 37.1 Å². The van der Waals surface area contributed by atoms with Gasteiger partial charge >= 0.3 is 0 Å². The zero-order valence-electron chi connectivity index (χ0n) is 6.79. The van der Waals surface area contributed by atoms with Crippen LogP contribution in [0.2, 0.25) is 0 Å². The van der Waals surface area contributed by atoms with Gasteiger partial charge in [0.1, 0.15) is 0 Å². The number of rotatable bonds is 5. The van der Waals surface area contributed by atoms with Crippen LogP contribution < -0.4 is 0 Å². The summed E-state index contributed by atoms with van der Waals surface area (Å²) < 4.78 is 4.89. The van der Waals surface area contributed by atoms with Gasteiger partial charge in [0.2, 0.25) is 0 Å². The van der Waals surface area contributed by atoms with E-state index in [-0.39, 0.29) is 0 Å². The summed E-state index contributed by atoms with van der Waals surface area (Å²) in [7, 11) is 0. The van der Waals surface area contributed by atoms with Gasteiger partial charge in [0.05, 0.1) is 6.26 Å². The van der Waals surface area contributed by atoms with Gasteiger partial charge in [0, 0.05) is 6.42 Å². The third-order valence-electron chi connectivity index (χ3n) is 1.10. The Balaban J connectivity index is 3.67. The number of aliphatic hydroxyl groups is 1. The molecule has 0 rings (SSSR count). The minimum atomic E-state index is -0.789. The highest BCUT2D eigenvalue weighted by Crippen LogP contribution is 1.99. The molecule has 0 aromatic carbocycles. The van der Waals surface area contributed by atoms with Crippen molar-refractivity contribution in [1.29, 1.82) is 0 Å². The Hall–Kier alpha value is -1.02. The highest BCUT2D eigenvalue weighted by atomic mass is 16.6. The highest BCUT2D eigenvalue weighted by Gasteiger charge is 1.96. The molecule has 1 atom stereocenters. The number of hydrogen-bond acceptors (Lipinski definition) is 2. The highest BCUT2D eigenvalue weighted by molar-refractivity contribution is 5.09. The van der Waals surface area contributed by atoms with Crippen LogP contribution in [0.1, 0.15) is 13.3 Å². The average Bonchev–Trinajstić information content (AvgIpc) is 2.01. The summed E-state index contributed by atoms with van der Waals surface area (Å²) in [5.41, 5.74) is 0.883. The first-order valence-electron chi connectivity index (χ1n) is 3.44. The van der Waals surface area contributed by atoms with Crippen LogP contribution in [-0.2, 0) is 4.74 Å². The van der Waals surface area contributed by atoms with Gasteiger partial charge in [-0.25, -0.2) is 0 Å². The molecular weight excluding hydrogens is 140 g/mol. The standard InChI is InChI=1S/C9H14O2/c1-4-6-9(10)11-7-8(3)5-2/h4-5,7,9-10H,1-2,6H2,3H3. The molecular formula is C9H14O2. The van der Waals surface area contributed by atoms with E-state index in [1.54, 1.807) is 12.2 Å². The third-order valence-corrected chi connectivity index (χ3v) is 1.10. The van der Waals surface area contributed by atoms with Crippen LogP contribution in [0.15, 0.2) is 37.1 Å². The van der Waals surface area contributed by atoms with Gasteiger partial charge in [0.25, 0.3) is 0 Å². The van der Waals surface area contributed by atoms with Crippen molar-refractivity contribution in [1.82, 2.24) is 0 Å². The summed E-state index contributed by atoms with van der Waals surface area (Å²) in [4.78, 5) is 0. The zero-order valence-corrected chi connectivity index (χ0v) is 6.79. The molecule has 0 amide bonds. The fourth-order valence-corrected chi connectivity index (χ4v) is 0.432. The topological polar surface area (TPSA) is 29.5 Å². The first-order chi connectivity index (χ1) is 5.20. The van der Waals surface area contributed by atoms with Gasteiger partial charge in [-0.2, -0.15) is 0 Å². The second-order valence-electron chi connectivity index (χ2n) is 2.18. The number of ether oxygens (including phenoxy) is 1. The van der Waals surface area contributed by atoms with E-state index in [0.717, 1.165) is 5.57 Å². The number of hydrogen-bond donors (Lipinski definition) is 1. The summed E-state index contributed by atoms with van der Waals surface area (Å²) in [6, 6.07) is 0. The van der Waals surface area contributed by atoms with Crippen LogP contribution >= 0.6 is 0 Å². The lowest BCUT2D eigenvalue weighted by atomic mass is 10.3. The smallest absolute Gasteiger partial charge is 0.199 e. The molecule has 2 nitrogen and oxygen atoms in total. The molecule has 0 bridgehead atoms. The Morgan fingerprint density at radius 1 is 1.64 bits per heavy atom. The molecule has 0 aromatic heterocycles. The number of aliphatic hydroxyl groups excluding tert-OH is 1. The Kier molecular flexibility index (Phi) is 5.21. The van der Waals surface area contributed by atoms with Crippen LogP contribution in [0.4, 0.5) is 0 Å². The van der Waals surface area contributed by atoms with Gasteiger partial charge in [-0.15, -0.1) is 6.58 Å². The van der Waals surface area contributed by atoms with E-state index in [1.165, 1.54) is 6.26 Å². The molecule has 0 heterocycles. The molecule has 0 aliphatic rings. The summed E-state index contributed by atoms with van der Waals surface area (Å²) in [5, 5.41) is 9.02. The maximum Gasteiger partial charge on any atom is 0.199 e. The Labute approximate surface area is 67.5 Å². The second-order valence-corrected chi connectivity index (χ2v) is 2.18. The fourth-order valence-electron chi connectivity index (χ4n) is 0.432. The van der Waals surface area contributed by atoms with Crippen LogP contribution in [0, 0.1) is 0 Å². The molecule has 1 N–H and O–H groups in total. The van der Waals surface area contributed by atoms with Crippen molar-refractivity contribution >= 4 is 0 Å². The summed E-state index contributed by atoms with van der Waals surface area (Å²) >= 11 is 0. The van der Waals surface area contributed by atoms with Gasteiger partial charge in [0.15, 0.2) is 6.29 Å². The first-order valence-corrected chi connectivity index (χ1v) is 3.44. The molecule has 11 heavy (non-hydrogen) atoms. The molecule has 0 saturated heterocycles. The maximum absolute atomic E-state index is 9.02. The lowest BCUT2D eigenvalue weighted by Gasteiger charge is -2.06. The molecule has 0 aliphatic carbocycles. The predicted molar refractivity (Wildman–Crippen MR) is 45.9 cm³/mol. The molecule has 0 saturated carbocycles. The molecule has 0 spiro atoms. The zero-order chi connectivity index (χ0) is 8.69. The van der Waals surface area contributed by atoms with Crippen molar-refractivity contribution in [2.45, 2.75) is 19.6 Å². The second kappa shape index (κ2) is 5.74. The van der Waals surface area contributed by atoms with Crippen molar-refractivity contribution < 1.29 is 9.84 Å².